The zero-order chi connectivity index (χ0) is 12.8. The number of hydrogen-bond donors (Lipinski definition) is 0. The molecule has 0 atom stereocenters. The van der Waals surface area contributed by atoms with Crippen LogP contribution in [0.25, 0.3) is 0 Å². The summed E-state index contributed by atoms with van der Waals surface area (Å²) in [5.74, 6) is 0.295. The van der Waals surface area contributed by atoms with Crippen molar-refractivity contribution in [3.05, 3.63) is 23.4 Å². The van der Waals surface area contributed by atoms with Gasteiger partial charge in [-0.05, 0) is 26.0 Å². The Hall–Kier alpha value is -2.09. The van der Waals surface area contributed by atoms with Crippen LogP contribution >= 0.6 is 0 Å². The molecule has 0 bridgehead atoms. The highest BCUT2D eigenvalue weighted by atomic mass is 16.5. The first-order valence-corrected chi connectivity index (χ1v) is 5.31. The van der Waals surface area contributed by atoms with Crippen LogP contribution in [0.3, 0.4) is 0 Å². The molecule has 1 rings (SSSR count). The highest BCUT2D eigenvalue weighted by Crippen LogP contribution is 2.14. The SMILES string of the molecule is CCN(CC(=O)OC)c1cc(C#N)cc(C)n1. The highest BCUT2D eigenvalue weighted by Gasteiger charge is 2.12. The van der Waals surface area contributed by atoms with E-state index >= 15 is 0 Å². The summed E-state index contributed by atoms with van der Waals surface area (Å²) in [6.45, 7) is 4.49. The van der Waals surface area contributed by atoms with Crippen molar-refractivity contribution in [2.24, 2.45) is 0 Å². The maximum Gasteiger partial charge on any atom is 0.325 e. The molecule has 0 radical (unpaired) electrons. The van der Waals surface area contributed by atoms with Gasteiger partial charge in [0, 0.05) is 12.2 Å². The molecule has 1 aromatic heterocycles. The minimum Gasteiger partial charge on any atom is -0.468 e. The van der Waals surface area contributed by atoms with Gasteiger partial charge in [-0.2, -0.15) is 5.26 Å². The number of nitrogens with zero attached hydrogens (tertiary/aromatic N) is 3. The van der Waals surface area contributed by atoms with Crippen LogP contribution in [0.4, 0.5) is 5.82 Å². The molecular weight excluding hydrogens is 218 g/mol. The Kier molecular flexibility index (Phi) is 4.46. The summed E-state index contributed by atoms with van der Waals surface area (Å²) in [5.41, 5.74) is 1.29. The van der Waals surface area contributed by atoms with Gasteiger partial charge >= 0.3 is 5.97 Å². The highest BCUT2D eigenvalue weighted by molar-refractivity contribution is 5.75. The normalized spacial score (nSPS) is 9.53. The van der Waals surface area contributed by atoms with E-state index in [2.05, 4.69) is 15.8 Å². The molecule has 0 aromatic carbocycles. The Bertz CT molecular complexity index is 452. The fourth-order valence-electron chi connectivity index (χ4n) is 1.45. The lowest BCUT2D eigenvalue weighted by molar-refractivity contribution is -0.138. The van der Waals surface area contributed by atoms with E-state index in [1.165, 1.54) is 7.11 Å². The topological polar surface area (TPSA) is 66.2 Å². The number of nitriles is 1. The number of anilines is 1. The van der Waals surface area contributed by atoms with Gasteiger partial charge in [0.05, 0.1) is 18.7 Å². The molecule has 0 N–H and O–H groups in total. The van der Waals surface area contributed by atoms with E-state index in [0.717, 1.165) is 5.69 Å². The molecule has 0 unspecified atom stereocenters. The Morgan fingerprint density at radius 3 is 2.82 bits per heavy atom. The summed E-state index contributed by atoms with van der Waals surface area (Å²) in [6.07, 6.45) is 0. The van der Waals surface area contributed by atoms with E-state index in [-0.39, 0.29) is 12.5 Å². The van der Waals surface area contributed by atoms with Gasteiger partial charge < -0.3 is 9.64 Å². The summed E-state index contributed by atoms with van der Waals surface area (Å²) < 4.78 is 4.62. The number of carbonyl (C=O) groups is 1. The number of esters is 1. The van der Waals surface area contributed by atoms with Crippen LogP contribution in [0.15, 0.2) is 12.1 Å². The lowest BCUT2D eigenvalue weighted by Gasteiger charge is -2.20. The first-order valence-electron chi connectivity index (χ1n) is 5.31. The van der Waals surface area contributed by atoms with Crippen molar-refractivity contribution >= 4 is 11.8 Å². The summed E-state index contributed by atoms with van der Waals surface area (Å²) in [6, 6.07) is 5.44. The number of aryl methyl sites for hydroxylation is 1. The quantitative estimate of drug-likeness (QED) is 0.732. The molecule has 0 saturated heterocycles. The maximum absolute atomic E-state index is 11.2. The predicted molar refractivity (Wildman–Crippen MR) is 63.6 cm³/mol. The monoisotopic (exact) mass is 233 g/mol. The van der Waals surface area contributed by atoms with Crippen LogP contribution in [0.1, 0.15) is 18.2 Å². The zero-order valence-corrected chi connectivity index (χ0v) is 10.2. The molecule has 0 amide bonds. The third-order valence-electron chi connectivity index (χ3n) is 2.32. The Morgan fingerprint density at radius 1 is 1.59 bits per heavy atom. The molecule has 0 aliphatic heterocycles. The number of aromatic nitrogens is 1. The second-order valence-electron chi connectivity index (χ2n) is 3.56. The van der Waals surface area contributed by atoms with E-state index in [1.807, 2.05) is 13.8 Å². The number of rotatable bonds is 4. The van der Waals surface area contributed by atoms with E-state index in [1.54, 1.807) is 17.0 Å². The smallest absolute Gasteiger partial charge is 0.325 e. The van der Waals surface area contributed by atoms with Gasteiger partial charge in [-0.3, -0.25) is 4.79 Å². The number of pyridine rings is 1. The van der Waals surface area contributed by atoms with Crippen molar-refractivity contribution < 1.29 is 9.53 Å². The fraction of sp³-hybridized carbons (Fsp3) is 0.417. The van der Waals surface area contributed by atoms with Crippen molar-refractivity contribution in [1.29, 1.82) is 5.26 Å². The van der Waals surface area contributed by atoms with Crippen molar-refractivity contribution in [3.63, 3.8) is 0 Å². The second kappa shape index (κ2) is 5.85. The number of carbonyl (C=O) groups excluding carboxylic acids is 1. The molecule has 5 heteroatoms. The number of hydrogen-bond acceptors (Lipinski definition) is 5. The van der Waals surface area contributed by atoms with Gasteiger partial charge in [0.1, 0.15) is 12.4 Å². The molecule has 0 saturated carbocycles. The van der Waals surface area contributed by atoms with Crippen molar-refractivity contribution in [2.75, 3.05) is 25.1 Å². The minimum absolute atomic E-state index is 0.133. The van der Waals surface area contributed by atoms with E-state index in [4.69, 9.17) is 5.26 Å². The number of methoxy groups -OCH3 is 1. The minimum atomic E-state index is -0.325. The van der Waals surface area contributed by atoms with Crippen LogP contribution in [-0.4, -0.2) is 31.2 Å². The van der Waals surface area contributed by atoms with Gasteiger partial charge in [0.15, 0.2) is 0 Å². The number of likely N-dealkylation sites (N-methyl/N-ethyl adjacent to an activating group) is 1. The van der Waals surface area contributed by atoms with Gasteiger partial charge in [-0.15, -0.1) is 0 Å². The van der Waals surface area contributed by atoms with Gasteiger partial charge in [0.2, 0.25) is 0 Å². The lowest BCUT2D eigenvalue weighted by Crippen LogP contribution is -2.31. The summed E-state index contributed by atoms with van der Waals surface area (Å²) in [5, 5.41) is 8.88. The molecule has 0 fully saturated rings. The fourth-order valence-corrected chi connectivity index (χ4v) is 1.45. The van der Waals surface area contributed by atoms with E-state index in [0.29, 0.717) is 17.9 Å². The predicted octanol–water partition coefficient (Wildman–Crippen LogP) is 1.26. The third-order valence-corrected chi connectivity index (χ3v) is 2.32. The van der Waals surface area contributed by atoms with Crippen molar-refractivity contribution in [2.45, 2.75) is 13.8 Å². The van der Waals surface area contributed by atoms with Crippen molar-refractivity contribution in [3.8, 4) is 6.07 Å². The van der Waals surface area contributed by atoms with Gasteiger partial charge in [-0.1, -0.05) is 0 Å². The van der Waals surface area contributed by atoms with Crippen molar-refractivity contribution in [1.82, 2.24) is 4.98 Å². The zero-order valence-electron chi connectivity index (χ0n) is 10.2. The van der Waals surface area contributed by atoms with Crippen LogP contribution < -0.4 is 4.90 Å². The second-order valence-corrected chi connectivity index (χ2v) is 3.56. The molecule has 0 aliphatic rings. The largest absolute Gasteiger partial charge is 0.468 e. The summed E-state index contributed by atoms with van der Waals surface area (Å²) in [4.78, 5) is 17.3. The van der Waals surface area contributed by atoms with E-state index < -0.39 is 0 Å². The lowest BCUT2D eigenvalue weighted by atomic mass is 10.2. The Labute approximate surface area is 101 Å². The molecule has 5 nitrogen and oxygen atoms in total. The Morgan fingerprint density at radius 2 is 2.29 bits per heavy atom. The average Bonchev–Trinajstić information content (AvgIpc) is 2.34. The first kappa shape index (κ1) is 13.0. The average molecular weight is 233 g/mol. The summed E-state index contributed by atoms with van der Waals surface area (Å²) in [7, 11) is 1.35. The maximum atomic E-state index is 11.2. The first-order chi connectivity index (χ1) is 8.10. The van der Waals surface area contributed by atoms with Crippen LogP contribution in [0.2, 0.25) is 0 Å². The Balaban J connectivity index is 2.99. The van der Waals surface area contributed by atoms with Crippen LogP contribution in [0, 0.1) is 18.3 Å². The molecule has 90 valence electrons. The molecular formula is C12H15N3O2. The van der Waals surface area contributed by atoms with Gasteiger partial charge in [0.25, 0.3) is 0 Å². The molecule has 17 heavy (non-hydrogen) atoms. The molecule has 0 spiro atoms. The molecule has 1 aromatic rings. The molecule has 0 aliphatic carbocycles. The van der Waals surface area contributed by atoms with Crippen LogP contribution in [-0.2, 0) is 9.53 Å². The molecule has 1 heterocycles. The van der Waals surface area contributed by atoms with E-state index in [9.17, 15) is 4.79 Å². The van der Waals surface area contributed by atoms with Gasteiger partial charge in [-0.25, -0.2) is 4.98 Å². The summed E-state index contributed by atoms with van der Waals surface area (Å²) >= 11 is 0. The third kappa shape index (κ3) is 3.45. The van der Waals surface area contributed by atoms with Crippen LogP contribution in [0.5, 0.6) is 0 Å². The number of ether oxygens (including phenoxy) is 1. The standard InChI is InChI=1S/C12H15N3O2/c1-4-15(8-12(16)17-3)11-6-10(7-13)5-9(2)14-11/h5-6H,4,8H2,1-3H3.